The lowest BCUT2D eigenvalue weighted by atomic mass is 9.86. The molecular formula is C21H33N3O3S. The number of nitrogens with zero attached hydrogens (tertiary/aromatic N) is 2. The van der Waals surface area contributed by atoms with E-state index in [4.69, 9.17) is 0 Å². The van der Waals surface area contributed by atoms with Gasteiger partial charge in [0.05, 0.1) is 11.8 Å². The van der Waals surface area contributed by atoms with Gasteiger partial charge in [-0.05, 0) is 31.2 Å². The summed E-state index contributed by atoms with van der Waals surface area (Å²) in [7, 11) is -3.33. The predicted molar refractivity (Wildman–Crippen MR) is 111 cm³/mol. The number of sulfonamides is 1. The van der Waals surface area contributed by atoms with E-state index in [0.717, 1.165) is 12.0 Å². The predicted octanol–water partition coefficient (Wildman–Crippen LogP) is 2.22. The van der Waals surface area contributed by atoms with E-state index in [9.17, 15) is 13.2 Å². The molecule has 1 aliphatic heterocycles. The zero-order valence-electron chi connectivity index (χ0n) is 17.0. The number of carbonyl (C=O) groups excluding carboxylic acids is 1. The molecule has 2 fully saturated rings. The van der Waals surface area contributed by atoms with Crippen LogP contribution >= 0.6 is 0 Å². The van der Waals surface area contributed by atoms with Crippen molar-refractivity contribution >= 4 is 15.9 Å². The van der Waals surface area contributed by atoms with Crippen LogP contribution in [-0.4, -0.2) is 61.8 Å². The summed E-state index contributed by atoms with van der Waals surface area (Å²) < 4.78 is 26.9. The lowest BCUT2D eigenvalue weighted by Crippen LogP contribution is -2.56. The van der Waals surface area contributed by atoms with Gasteiger partial charge in [-0.25, -0.2) is 8.42 Å². The summed E-state index contributed by atoms with van der Waals surface area (Å²) >= 11 is 0. The molecule has 0 spiro atoms. The van der Waals surface area contributed by atoms with Crippen molar-refractivity contribution < 1.29 is 13.2 Å². The third kappa shape index (κ3) is 5.33. The SMILES string of the molecule is C[C@@H]1CCCC[C@@H]1NC(=O)[C@H](C)N1CCN(S(=O)(=O)Cc2ccccc2)CC1. The molecular weight excluding hydrogens is 374 g/mol. The second-order valence-corrected chi connectivity index (χ2v) is 10.2. The number of carbonyl (C=O) groups is 1. The number of amides is 1. The molecule has 1 saturated heterocycles. The van der Waals surface area contributed by atoms with Crippen molar-refractivity contribution in [3.05, 3.63) is 35.9 Å². The molecule has 1 amide bonds. The van der Waals surface area contributed by atoms with Gasteiger partial charge in [0.25, 0.3) is 0 Å². The first-order valence-electron chi connectivity index (χ1n) is 10.4. The Balaban J connectivity index is 1.50. The van der Waals surface area contributed by atoms with Gasteiger partial charge in [-0.15, -0.1) is 0 Å². The zero-order valence-corrected chi connectivity index (χ0v) is 17.8. The fourth-order valence-electron chi connectivity index (χ4n) is 4.25. The van der Waals surface area contributed by atoms with Crippen LogP contribution in [0.5, 0.6) is 0 Å². The van der Waals surface area contributed by atoms with Crippen LogP contribution in [0.4, 0.5) is 0 Å². The van der Waals surface area contributed by atoms with Crippen LogP contribution in [0.3, 0.4) is 0 Å². The Morgan fingerprint density at radius 3 is 2.39 bits per heavy atom. The summed E-state index contributed by atoms with van der Waals surface area (Å²) in [6.07, 6.45) is 4.67. The van der Waals surface area contributed by atoms with Crippen LogP contribution in [0.2, 0.25) is 0 Å². The lowest BCUT2D eigenvalue weighted by Gasteiger charge is -2.38. The summed E-state index contributed by atoms with van der Waals surface area (Å²) in [5.74, 6) is 0.632. The summed E-state index contributed by atoms with van der Waals surface area (Å²) in [5.41, 5.74) is 0.805. The molecule has 3 rings (SSSR count). The fraction of sp³-hybridized carbons (Fsp3) is 0.667. The Morgan fingerprint density at radius 1 is 1.11 bits per heavy atom. The molecule has 3 atom stereocenters. The molecule has 0 aromatic heterocycles. The highest BCUT2D eigenvalue weighted by Crippen LogP contribution is 2.24. The van der Waals surface area contributed by atoms with E-state index in [1.807, 2.05) is 37.3 Å². The van der Waals surface area contributed by atoms with Gasteiger partial charge in [-0.2, -0.15) is 4.31 Å². The number of hydrogen-bond acceptors (Lipinski definition) is 4. The zero-order chi connectivity index (χ0) is 20.1. The lowest BCUT2D eigenvalue weighted by molar-refractivity contribution is -0.127. The molecule has 1 aliphatic carbocycles. The Kier molecular flexibility index (Phi) is 7.12. The molecule has 7 heteroatoms. The van der Waals surface area contributed by atoms with Crippen molar-refractivity contribution in [3.8, 4) is 0 Å². The maximum atomic E-state index is 12.7. The van der Waals surface area contributed by atoms with Crippen LogP contribution in [0.1, 0.15) is 45.1 Å². The number of piperazine rings is 1. The van der Waals surface area contributed by atoms with Crippen molar-refractivity contribution in [3.63, 3.8) is 0 Å². The first-order chi connectivity index (χ1) is 13.4. The van der Waals surface area contributed by atoms with Crippen LogP contribution in [0, 0.1) is 5.92 Å². The second kappa shape index (κ2) is 9.37. The quantitative estimate of drug-likeness (QED) is 0.785. The van der Waals surface area contributed by atoms with E-state index in [1.165, 1.54) is 19.3 Å². The van der Waals surface area contributed by atoms with Gasteiger partial charge in [0.2, 0.25) is 15.9 Å². The summed E-state index contributed by atoms with van der Waals surface area (Å²) in [6, 6.07) is 9.32. The average Bonchev–Trinajstić information content (AvgIpc) is 2.69. The van der Waals surface area contributed by atoms with Crippen molar-refractivity contribution in [2.45, 2.75) is 57.4 Å². The van der Waals surface area contributed by atoms with Crippen LogP contribution in [0.15, 0.2) is 30.3 Å². The maximum Gasteiger partial charge on any atom is 0.237 e. The van der Waals surface area contributed by atoms with Crippen molar-refractivity contribution in [2.75, 3.05) is 26.2 Å². The first-order valence-corrected chi connectivity index (χ1v) is 12.0. The van der Waals surface area contributed by atoms with Gasteiger partial charge in [-0.1, -0.05) is 50.1 Å². The third-order valence-electron chi connectivity index (χ3n) is 6.22. The minimum Gasteiger partial charge on any atom is -0.352 e. The molecule has 1 aromatic carbocycles. The van der Waals surface area contributed by atoms with Crippen LogP contribution in [-0.2, 0) is 20.6 Å². The summed E-state index contributed by atoms with van der Waals surface area (Å²) in [4.78, 5) is 14.8. The highest BCUT2D eigenvalue weighted by atomic mass is 32.2. The Bertz CT molecular complexity index is 745. The summed E-state index contributed by atoms with van der Waals surface area (Å²) in [5, 5.41) is 3.23. The van der Waals surface area contributed by atoms with Gasteiger partial charge in [0, 0.05) is 32.2 Å². The maximum absolute atomic E-state index is 12.7. The van der Waals surface area contributed by atoms with Crippen LogP contribution in [0.25, 0.3) is 0 Å². The molecule has 6 nitrogen and oxygen atoms in total. The number of nitrogens with one attached hydrogen (secondary N) is 1. The molecule has 1 heterocycles. The Hall–Kier alpha value is -1.44. The van der Waals surface area contributed by atoms with Gasteiger partial charge in [0.1, 0.15) is 0 Å². The molecule has 2 aliphatic rings. The largest absolute Gasteiger partial charge is 0.352 e. The smallest absolute Gasteiger partial charge is 0.237 e. The van der Waals surface area contributed by atoms with Gasteiger partial charge in [0.15, 0.2) is 0 Å². The molecule has 1 saturated carbocycles. The summed E-state index contributed by atoms with van der Waals surface area (Å²) in [6.45, 7) is 6.19. The van der Waals surface area contributed by atoms with Crippen LogP contribution < -0.4 is 5.32 Å². The van der Waals surface area contributed by atoms with E-state index >= 15 is 0 Å². The molecule has 1 aromatic rings. The van der Waals surface area contributed by atoms with E-state index < -0.39 is 10.0 Å². The minimum atomic E-state index is -3.33. The van der Waals surface area contributed by atoms with E-state index in [-0.39, 0.29) is 23.7 Å². The monoisotopic (exact) mass is 407 g/mol. The normalized spacial score (nSPS) is 25.9. The average molecular weight is 408 g/mol. The topological polar surface area (TPSA) is 69.7 Å². The van der Waals surface area contributed by atoms with E-state index in [1.54, 1.807) is 4.31 Å². The van der Waals surface area contributed by atoms with Crippen molar-refractivity contribution in [1.29, 1.82) is 0 Å². The molecule has 0 radical (unpaired) electrons. The molecule has 0 bridgehead atoms. The third-order valence-corrected chi connectivity index (χ3v) is 8.07. The number of benzene rings is 1. The molecule has 0 unspecified atom stereocenters. The van der Waals surface area contributed by atoms with Gasteiger partial charge in [-0.3, -0.25) is 9.69 Å². The molecule has 1 N–H and O–H groups in total. The Morgan fingerprint density at radius 2 is 1.75 bits per heavy atom. The standard InChI is InChI=1S/C21H33N3O3S/c1-17-8-6-7-11-20(17)22-21(25)18(2)23-12-14-24(15-13-23)28(26,27)16-19-9-4-3-5-10-19/h3-5,9-10,17-18,20H,6-8,11-16H2,1-2H3,(H,22,25)/t17-,18+,20+/m1/s1. The highest BCUT2D eigenvalue weighted by Gasteiger charge is 2.32. The fourth-order valence-corrected chi connectivity index (χ4v) is 5.76. The number of rotatable bonds is 6. The number of hydrogen-bond donors (Lipinski definition) is 1. The first kappa shape index (κ1) is 21.3. The van der Waals surface area contributed by atoms with Crippen molar-refractivity contribution in [1.82, 2.24) is 14.5 Å². The molecule has 156 valence electrons. The van der Waals surface area contributed by atoms with E-state index in [0.29, 0.717) is 32.1 Å². The van der Waals surface area contributed by atoms with Gasteiger partial charge < -0.3 is 5.32 Å². The molecule has 28 heavy (non-hydrogen) atoms. The Labute approximate surface area is 169 Å². The van der Waals surface area contributed by atoms with Crippen molar-refractivity contribution in [2.24, 2.45) is 5.92 Å². The highest BCUT2D eigenvalue weighted by molar-refractivity contribution is 7.88. The van der Waals surface area contributed by atoms with Gasteiger partial charge >= 0.3 is 0 Å². The van der Waals surface area contributed by atoms with E-state index in [2.05, 4.69) is 17.1 Å². The second-order valence-electron chi connectivity index (χ2n) is 8.23. The minimum absolute atomic E-state index is 0.0312.